The highest BCUT2D eigenvalue weighted by Gasteiger charge is 2.23. The van der Waals surface area contributed by atoms with E-state index in [0.29, 0.717) is 6.61 Å². The number of quaternary nitrogens is 1. The Morgan fingerprint density at radius 2 is 1.95 bits per heavy atom. The van der Waals surface area contributed by atoms with Gasteiger partial charge in [0.05, 0.1) is 6.04 Å². The maximum Gasteiger partial charge on any atom is 0.149 e. The molecule has 0 aromatic heterocycles. The van der Waals surface area contributed by atoms with Crippen molar-refractivity contribution in [3.8, 4) is 17.6 Å². The number of halogens is 1. The van der Waals surface area contributed by atoms with Gasteiger partial charge in [-0.25, -0.2) is 0 Å². The summed E-state index contributed by atoms with van der Waals surface area (Å²) in [5, 5.41) is 3.11. The number of hydrogen-bond donors (Lipinski definition) is 1. The molecule has 1 saturated carbocycles. The van der Waals surface area contributed by atoms with Gasteiger partial charge in [-0.3, -0.25) is 0 Å². The molecular weight excluding hydrogens is 270 g/mol. The molecule has 1 aromatic rings. The highest BCUT2D eigenvalue weighted by Crippen LogP contribution is 2.21. The van der Waals surface area contributed by atoms with Crippen molar-refractivity contribution in [3.05, 3.63) is 29.3 Å². The zero-order valence-electron chi connectivity index (χ0n) is 12.1. The van der Waals surface area contributed by atoms with E-state index in [2.05, 4.69) is 24.1 Å². The maximum atomic E-state index is 5.81. The Kier molecular flexibility index (Phi) is 6.24. The average molecular weight is 293 g/mol. The maximum absolute atomic E-state index is 5.81. The number of benzene rings is 1. The predicted molar refractivity (Wildman–Crippen MR) is 82.9 cm³/mol. The minimum atomic E-state index is 0.440. The molecule has 0 bridgehead atoms. The fourth-order valence-corrected chi connectivity index (χ4v) is 2.80. The molecule has 0 radical (unpaired) electrons. The molecular formula is C17H23ClNO+. The Balaban J connectivity index is 1.63. The van der Waals surface area contributed by atoms with E-state index >= 15 is 0 Å². The van der Waals surface area contributed by atoms with E-state index < -0.39 is 0 Å². The Hall–Kier alpha value is -1.17. The van der Waals surface area contributed by atoms with E-state index in [4.69, 9.17) is 16.3 Å². The van der Waals surface area contributed by atoms with Gasteiger partial charge >= 0.3 is 0 Å². The van der Waals surface area contributed by atoms with E-state index in [9.17, 15) is 0 Å². The van der Waals surface area contributed by atoms with Gasteiger partial charge in [0, 0.05) is 10.9 Å². The summed E-state index contributed by atoms with van der Waals surface area (Å²) in [6.07, 6.45) is 5.48. The van der Waals surface area contributed by atoms with Crippen LogP contribution in [-0.2, 0) is 0 Å². The molecule has 0 aliphatic heterocycles. The fraction of sp³-hybridized carbons (Fsp3) is 0.529. The van der Waals surface area contributed by atoms with Crippen LogP contribution < -0.4 is 10.1 Å². The largest absolute Gasteiger partial charge is 0.481 e. The van der Waals surface area contributed by atoms with Gasteiger partial charge in [-0.1, -0.05) is 30.9 Å². The van der Waals surface area contributed by atoms with Gasteiger partial charge < -0.3 is 10.1 Å². The third-order valence-corrected chi connectivity index (χ3v) is 4.20. The van der Waals surface area contributed by atoms with Crippen molar-refractivity contribution in [2.75, 3.05) is 13.2 Å². The van der Waals surface area contributed by atoms with Crippen molar-refractivity contribution in [1.29, 1.82) is 0 Å². The molecule has 0 saturated heterocycles. The van der Waals surface area contributed by atoms with Gasteiger partial charge in [-0.15, -0.1) is 0 Å². The molecule has 3 heteroatoms. The minimum absolute atomic E-state index is 0.440. The van der Waals surface area contributed by atoms with Crippen molar-refractivity contribution >= 4 is 11.6 Å². The molecule has 2 nitrogen and oxygen atoms in total. The van der Waals surface area contributed by atoms with Crippen molar-refractivity contribution in [2.24, 2.45) is 5.92 Å². The Bertz CT molecular complexity index is 460. The van der Waals surface area contributed by atoms with Crippen LogP contribution in [0.15, 0.2) is 24.3 Å². The second-order valence-corrected chi connectivity index (χ2v) is 5.90. The molecule has 20 heavy (non-hydrogen) atoms. The predicted octanol–water partition coefficient (Wildman–Crippen LogP) is 2.86. The summed E-state index contributed by atoms with van der Waals surface area (Å²) >= 11 is 5.81. The molecule has 0 heterocycles. The summed E-state index contributed by atoms with van der Waals surface area (Å²) in [4.78, 5) is 0. The summed E-state index contributed by atoms with van der Waals surface area (Å²) in [5.41, 5.74) is 0. The highest BCUT2D eigenvalue weighted by molar-refractivity contribution is 6.30. The van der Waals surface area contributed by atoms with Crippen LogP contribution in [0.5, 0.6) is 5.75 Å². The van der Waals surface area contributed by atoms with Gasteiger partial charge in [-0.05, 0) is 49.4 Å². The van der Waals surface area contributed by atoms with Crippen molar-refractivity contribution in [1.82, 2.24) is 0 Å². The quantitative estimate of drug-likeness (QED) is 0.849. The lowest BCUT2D eigenvalue weighted by Crippen LogP contribution is -2.91. The first-order valence-electron chi connectivity index (χ1n) is 7.43. The van der Waals surface area contributed by atoms with Crippen LogP contribution in [0.3, 0.4) is 0 Å². The first-order valence-corrected chi connectivity index (χ1v) is 7.81. The van der Waals surface area contributed by atoms with Crippen LogP contribution in [0.2, 0.25) is 5.02 Å². The molecule has 2 rings (SSSR count). The Morgan fingerprint density at radius 1 is 1.20 bits per heavy atom. The second kappa shape index (κ2) is 8.19. The molecule has 0 spiro atoms. The van der Waals surface area contributed by atoms with Crippen LogP contribution >= 0.6 is 11.6 Å². The smallest absolute Gasteiger partial charge is 0.149 e. The lowest BCUT2D eigenvalue weighted by atomic mass is 9.86. The van der Waals surface area contributed by atoms with Crippen LogP contribution in [0.4, 0.5) is 0 Å². The van der Waals surface area contributed by atoms with Gasteiger partial charge in [0.25, 0.3) is 0 Å². The zero-order chi connectivity index (χ0) is 14.2. The van der Waals surface area contributed by atoms with Crippen molar-refractivity contribution < 1.29 is 10.1 Å². The van der Waals surface area contributed by atoms with Crippen LogP contribution in [-0.4, -0.2) is 19.2 Å². The molecule has 1 fully saturated rings. The van der Waals surface area contributed by atoms with Gasteiger partial charge in [0.2, 0.25) is 0 Å². The summed E-state index contributed by atoms with van der Waals surface area (Å²) in [5.74, 6) is 7.89. The van der Waals surface area contributed by atoms with E-state index in [1.807, 2.05) is 24.3 Å². The number of ether oxygens (including phenoxy) is 1. The summed E-state index contributed by atoms with van der Waals surface area (Å²) < 4.78 is 5.53. The number of nitrogens with two attached hydrogens (primary N) is 1. The lowest BCUT2D eigenvalue weighted by Gasteiger charge is -2.25. The Labute approximate surface area is 126 Å². The SMILES string of the molecule is C[C@@H]1CCCC[C@@H]1[NH2+]CC#CCOc1ccc(Cl)cc1. The normalized spacial score (nSPS) is 21.9. The fourth-order valence-electron chi connectivity index (χ4n) is 2.68. The Morgan fingerprint density at radius 3 is 2.70 bits per heavy atom. The molecule has 2 atom stereocenters. The first kappa shape index (κ1) is 15.2. The number of rotatable bonds is 4. The molecule has 108 valence electrons. The van der Waals surface area contributed by atoms with Crippen molar-refractivity contribution in [3.63, 3.8) is 0 Å². The van der Waals surface area contributed by atoms with Crippen LogP contribution in [0, 0.1) is 17.8 Å². The molecule has 1 aliphatic rings. The average Bonchev–Trinajstić information content (AvgIpc) is 2.46. The van der Waals surface area contributed by atoms with Gasteiger partial charge in [0.15, 0.2) is 0 Å². The summed E-state index contributed by atoms with van der Waals surface area (Å²) in [7, 11) is 0. The standard InChI is InChI=1S/C17H22ClNO/c1-14-6-2-3-7-17(14)19-12-4-5-13-20-16-10-8-15(18)9-11-16/h8-11,14,17,19H,2-3,6-7,12-13H2,1H3/p+1/t14-,17+/m1/s1. The van der Waals surface area contributed by atoms with E-state index in [1.165, 1.54) is 25.7 Å². The monoisotopic (exact) mass is 292 g/mol. The summed E-state index contributed by atoms with van der Waals surface area (Å²) in [6, 6.07) is 8.13. The topological polar surface area (TPSA) is 25.8 Å². The minimum Gasteiger partial charge on any atom is -0.481 e. The van der Waals surface area contributed by atoms with E-state index in [0.717, 1.165) is 29.3 Å². The number of hydrogen-bond acceptors (Lipinski definition) is 1. The summed E-state index contributed by atoms with van der Waals surface area (Å²) in [6.45, 7) is 3.67. The highest BCUT2D eigenvalue weighted by atomic mass is 35.5. The molecule has 2 N–H and O–H groups in total. The van der Waals surface area contributed by atoms with Crippen LogP contribution in [0.25, 0.3) is 0 Å². The molecule has 0 unspecified atom stereocenters. The van der Waals surface area contributed by atoms with E-state index in [1.54, 1.807) is 0 Å². The molecule has 0 amide bonds. The van der Waals surface area contributed by atoms with Gasteiger partial charge in [0.1, 0.15) is 18.9 Å². The van der Waals surface area contributed by atoms with E-state index in [-0.39, 0.29) is 0 Å². The molecule has 1 aromatic carbocycles. The third kappa shape index (κ3) is 5.07. The first-order chi connectivity index (χ1) is 9.75. The third-order valence-electron chi connectivity index (χ3n) is 3.95. The molecule has 1 aliphatic carbocycles. The zero-order valence-corrected chi connectivity index (χ0v) is 12.8. The van der Waals surface area contributed by atoms with Crippen LogP contribution in [0.1, 0.15) is 32.6 Å². The van der Waals surface area contributed by atoms with Gasteiger partial charge in [-0.2, -0.15) is 0 Å². The van der Waals surface area contributed by atoms with Crippen molar-refractivity contribution in [2.45, 2.75) is 38.6 Å². The second-order valence-electron chi connectivity index (χ2n) is 5.46. The lowest BCUT2D eigenvalue weighted by molar-refractivity contribution is -0.688.